The van der Waals surface area contributed by atoms with Crippen LogP contribution in [0.3, 0.4) is 0 Å². The first-order valence-electron chi connectivity index (χ1n) is 20.3. The Morgan fingerprint density at radius 1 is 0.300 bits per heavy atom. The summed E-state index contributed by atoms with van der Waals surface area (Å²) < 4.78 is 4.34. The van der Waals surface area contributed by atoms with Crippen LogP contribution in [0.1, 0.15) is 0 Å². The van der Waals surface area contributed by atoms with E-state index in [0.29, 0.717) is 5.82 Å². The zero-order chi connectivity index (χ0) is 39.8. The van der Waals surface area contributed by atoms with Gasteiger partial charge in [0.15, 0.2) is 11.6 Å². The van der Waals surface area contributed by atoms with Gasteiger partial charge in [-0.2, -0.15) is 0 Å². The van der Waals surface area contributed by atoms with Crippen LogP contribution in [0.15, 0.2) is 231 Å². The van der Waals surface area contributed by atoms with E-state index in [4.69, 9.17) is 10.1 Å². The molecular formula is C56H38N4. The standard InChI is InChI=1S/C56H38N4/c1-4-17-39(18-5-1)42-21-16-22-44(37-42)56-57-55(41-19-6-2-7-20-41)58-60(56)46-34-31-40(32-35-46)47-25-10-12-27-49(47)50-28-13-11-26-48(50)43-33-36-54-52(38-43)51-29-14-15-30-53(51)59(54)45-23-8-3-9-24-45/h1-38H. The largest absolute Gasteiger partial charge is 0.309 e. The summed E-state index contributed by atoms with van der Waals surface area (Å²) in [6.07, 6.45) is 0. The zero-order valence-corrected chi connectivity index (χ0v) is 32.7. The Morgan fingerprint density at radius 3 is 1.55 bits per heavy atom. The van der Waals surface area contributed by atoms with Gasteiger partial charge in [0.05, 0.1) is 16.7 Å². The van der Waals surface area contributed by atoms with E-state index in [1.54, 1.807) is 0 Å². The van der Waals surface area contributed by atoms with Crippen molar-refractivity contribution in [2.24, 2.45) is 0 Å². The molecule has 0 saturated heterocycles. The summed E-state index contributed by atoms with van der Waals surface area (Å²) in [4.78, 5) is 5.14. The van der Waals surface area contributed by atoms with Gasteiger partial charge < -0.3 is 4.57 Å². The van der Waals surface area contributed by atoms with Crippen molar-refractivity contribution in [3.05, 3.63) is 231 Å². The average Bonchev–Trinajstić information content (AvgIpc) is 3.93. The first-order valence-corrected chi connectivity index (χ1v) is 20.3. The lowest BCUT2D eigenvalue weighted by Gasteiger charge is -2.15. The van der Waals surface area contributed by atoms with E-state index in [9.17, 15) is 0 Å². The van der Waals surface area contributed by atoms with Crippen LogP contribution in [-0.2, 0) is 0 Å². The van der Waals surface area contributed by atoms with Crippen LogP contribution in [0, 0.1) is 0 Å². The SMILES string of the molecule is c1ccc(-c2cccc(-c3nc(-c4ccccc4)nn3-c3ccc(-c4ccccc4-c4ccccc4-c4ccc5c(c4)c4ccccc4n5-c4ccccc4)cc3)c2)cc1. The Kier molecular flexibility index (Phi) is 8.79. The molecule has 0 saturated carbocycles. The van der Waals surface area contributed by atoms with Gasteiger partial charge in [-0.15, -0.1) is 5.10 Å². The van der Waals surface area contributed by atoms with Crippen molar-refractivity contribution in [1.82, 2.24) is 19.3 Å². The minimum atomic E-state index is 0.685. The van der Waals surface area contributed by atoms with Crippen molar-refractivity contribution < 1.29 is 0 Å². The summed E-state index contributed by atoms with van der Waals surface area (Å²) in [6.45, 7) is 0. The van der Waals surface area contributed by atoms with Crippen molar-refractivity contribution >= 4 is 21.8 Å². The van der Waals surface area contributed by atoms with Crippen molar-refractivity contribution in [2.45, 2.75) is 0 Å². The number of aromatic nitrogens is 4. The highest BCUT2D eigenvalue weighted by Gasteiger charge is 2.19. The third-order valence-corrected chi connectivity index (χ3v) is 11.4. The van der Waals surface area contributed by atoms with Gasteiger partial charge in [-0.1, -0.05) is 182 Å². The third kappa shape index (κ3) is 6.28. The first kappa shape index (κ1) is 35.1. The molecule has 0 aliphatic rings. The molecule has 2 heterocycles. The Balaban J connectivity index is 0.988. The maximum atomic E-state index is 5.14. The molecule has 60 heavy (non-hydrogen) atoms. The molecule has 0 aliphatic heterocycles. The fraction of sp³-hybridized carbons (Fsp3) is 0. The lowest BCUT2D eigenvalue weighted by atomic mass is 9.89. The maximum Gasteiger partial charge on any atom is 0.182 e. The predicted molar refractivity (Wildman–Crippen MR) is 248 cm³/mol. The molecule has 4 nitrogen and oxygen atoms in total. The number of rotatable bonds is 8. The Hall–Kier alpha value is -8.08. The Morgan fingerprint density at radius 2 is 0.833 bits per heavy atom. The Labute approximate surface area is 348 Å². The van der Waals surface area contributed by atoms with Crippen LogP contribution in [0.4, 0.5) is 0 Å². The van der Waals surface area contributed by atoms with Crippen LogP contribution in [0.25, 0.3) is 100 Å². The monoisotopic (exact) mass is 766 g/mol. The Bertz CT molecular complexity index is 3290. The van der Waals surface area contributed by atoms with Gasteiger partial charge in [-0.3, -0.25) is 0 Å². The molecule has 0 bridgehead atoms. The summed E-state index contributed by atoms with van der Waals surface area (Å²) in [5.41, 5.74) is 15.8. The van der Waals surface area contributed by atoms with Gasteiger partial charge in [0, 0.05) is 27.6 Å². The van der Waals surface area contributed by atoms with Crippen LogP contribution >= 0.6 is 0 Å². The van der Waals surface area contributed by atoms with Crippen LogP contribution < -0.4 is 0 Å². The van der Waals surface area contributed by atoms with Gasteiger partial charge in [0.2, 0.25) is 0 Å². The second-order valence-corrected chi connectivity index (χ2v) is 15.0. The van der Waals surface area contributed by atoms with Gasteiger partial charge in [0.25, 0.3) is 0 Å². The molecule has 282 valence electrons. The van der Waals surface area contributed by atoms with E-state index >= 15 is 0 Å². The topological polar surface area (TPSA) is 35.6 Å². The quantitative estimate of drug-likeness (QED) is 0.154. The van der Waals surface area contributed by atoms with Crippen molar-refractivity contribution in [3.8, 4) is 78.7 Å². The normalized spacial score (nSPS) is 11.3. The molecule has 0 unspecified atom stereocenters. The summed E-state index contributed by atoms with van der Waals surface area (Å²) >= 11 is 0. The highest BCUT2D eigenvalue weighted by molar-refractivity contribution is 6.11. The van der Waals surface area contributed by atoms with Gasteiger partial charge in [-0.25, -0.2) is 9.67 Å². The molecule has 0 N–H and O–H groups in total. The minimum absolute atomic E-state index is 0.685. The fourth-order valence-corrected chi connectivity index (χ4v) is 8.57. The summed E-state index contributed by atoms with van der Waals surface area (Å²) in [5.74, 6) is 1.47. The van der Waals surface area contributed by atoms with E-state index in [1.807, 2.05) is 28.9 Å². The van der Waals surface area contributed by atoms with E-state index in [-0.39, 0.29) is 0 Å². The van der Waals surface area contributed by atoms with E-state index in [1.165, 1.54) is 44.1 Å². The second-order valence-electron chi connectivity index (χ2n) is 15.0. The van der Waals surface area contributed by atoms with Crippen LogP contribution in [-0.4, -0.2) is 19.3 Å². The summed E-state index contributed by atoms with van der Waals surface area (Å²) in [5, 5.41) is 7.58. The second kappa shape index (κ2) is 15.0. The fourth-order valence-electron chi connectivity index (χ4n) is 8.57. The molecule has 0 spiro atoms. The van der Waals surface area contributed by atoms with Crippen LogP contribution in [0.2, 0.25) is 0 Å². The molecule has 0 radical (unpaired) electrons. The molecule has 4 heteroatoms. The highest BCUT2D eigenvalue weighted by Crippen LogP contribution is 2.41. The lowest BCUT2D eigenvalue weighted by Crippen LogP contribution is -2.00. The number of benzene rings is 9. The number of hydrogen-bond donors (Lipinski definition) is 0. The number of hydrogen-bond acceptors (Lipinski definition) is 2. The molecule has 0 aliphatic carbocycles. The van der Waals surface area contributed by atoms with E-state index in [0.717, 1.165) is 50.6 Å². The van der Waals surface area contributed by atoms with Gasteiger partial charge in [0.1, 0.15) is 0 Å². The predicted octanol–water partition coefficient (Wildman–Crippen LogP) is 14.4. The number of nitrogens with zero attached hydrogens (tertiary/aromatic N) is 4. The molecule has 11 rings (SSSR count). The molecule has 2 aromatic heterocycles. The van der Waals surface area contributed by atoms with Gasteiger partial charge in [-0.05, 0) is 93.0 Å². The van der Waals surface area contributed by atoms with Crippen LogP contribution in [0.5, 0.6) is 0 Å². The minimum Gasteiger partial charge on any atom is -0.309 e. The smallest absolute Gasteiger partial charge is 0.182 e. The number of para-hydroxylation sites is 2. The third-order valence-electron chi connectivity index (χ3n) is 11.4. The van der Waals surface area contributed by atoms with Crippen molar-refractivity contribution in [2.75, 3.05) is 0 Å². The first-order chi connectivity index (χ1) is 29.8. The average molecular weight is 767 g/mol. The van der Waals surface area contributed by atoms with E-state index in [2.05, 4.69) is 211 Å². The highest BCUT2D eigenvalue weighted by atomic mass is 15.4. The van der Waals surface area contributed by atoms with Gasteiger partial charge >= 0.3 is 0 Å². The molecule has 0 amide bonds. The molecule has 0 fully saturated rings. The summed E-state index contributed by atoms with van der Waals surface area (Å²) in [7, 11) is 0. The molecule has 11 aromatic rings. The molecule has 0 atom stereocenters. The maximum absolute atomic E-state index is 5.14. The zero-order valence-electron chi connectivity index (χ0n) is 32.7. The van der Waals surface area contributed by atoms with Crippen molar-refractivity contribution in [3.63, 3.8) is 0 Å². The van der Waals surface area contributed by atoms with E-state index < -0.39 is 0 Å². The van der Waals surface area contributed by atoms with Crippen molar-refractivity contribution in [1.29, 1.82) is 0 Å². The summed E-state index contributed by atoms with van der Waals surface area (Å²) in [6, 6.07) is 81.7. The molecular weight excluding hydrogens is 729 g/mol. The lowest BCUT2D eigenvalue weighted by molar-refractivity contribution is 0.891. The number of fused-ring (bicyclic) bond motifs is 3. The molecule has 9 aromatic carbocycles.